The summed E-state index contributed by atoms with van der Waals surface area (Å²) >= 11 is 0. The van der Waals surface area contributed by atoms with Crippen LogP contribution in [0.1, 0.15) is 19.8 Å². The van der Waals surface area contributed by atoms with Gasteiger partial charge in [-0.05, 0) is 31.2 Å². The molecule has 0 spiro atoms. The van der Waals surface area contributed by atoms with Crippen molar-refractivity contribution in [3.63, 3.8) is 0 Å². The van der Waals surface area contributed by atoms with Crippen molar-refractivity contribution in [2.24, 2.45) is 11.0 Å². The van der Waals surface area contributed by atoms with Gasteiger partial charge in [-0.15, -0.1) is 0 Å². The predicted molar refractivity (Wildman–Crippen MR) is 59.8 cm³/mol. The van der Waals surface area contributed by atoms with Gasteiger partial charge in [-0.25, -0.2) is 0 Å². The van der Waals surface area contributed by atoms with E-state index in [2.05, 4.69) is 10.0 Å². The maximum Gasteiger partial charge on any atom is 0.228 e. The van der Waals surface area contributed by atoms with Crippen LogP contribution in [-0.2, 0) is 9.53 Å². The maximum absolute atomic E-state index is 11.6. The SMILES string of the molecule is CCOC[C@@H]1CCCN(C(=O)CN=[N+]=[N-])C1. The summed E-state index contributed by atoms with van der Waals surface area (Å²) in [5.41, 5.74) is 8.15. The average Bonchev–Trinajstić information content (AvgIpc) is 2.33. The van der Waals surface area contributed by atoms with E-state index < -0.39 is 0 Å². The molecule has 0 aromatic carbocycles. The van der Waals surface area contributed by atoms with E-state index in [4.69, 9.17) is 10.3 Å². The lowest BCUT2D eigenvalue weighted by atomic mass is 9.99. The molecule has 6 heteroatoms. The van der Waals surface area contributed by atoms with E-state index in [9.17, 15) is 4.79 Å². The molecule has 1 atom stereocenters. The first-order valence-electron chi connectivity index (χ1n) is 5.64. The first kappa shape index (κ1) is 12.8. The number of carbonyl (C=O) groups excluding carboxylic acids is 1. The van der Waals surface area contributed by atoms with Crippen molar-refractivity contribution in [3.05, 3.63) is 10.4 Å². The summed E-state index contributed by atoms with van der Waals surface area (Å²) in [4.78, 5) is 16.0. The van der Waals surface area contributed by atoms with Gasteiger partial charge in [0.2, 0.25) is 5.91 Å². The standard InChI is InChI=1S/C10H18N4O2/c1-2-16-8-9-4-3-5-14(7-9)10(15)6-12-13-11/h9H,2-8H2,1H3/t9-/m1/s1. The number of nitrogens with zero attached hydrogens (tertiary/aromatic N) is 4. The molecule has 90 valence electrons. The fraction of sp³-hybridized carbons (Fsp3) is 0.900. The monoisotopic (exact) mass is 226 g/mol. The molecule has 0 bridgehead atoms. The average molecular weight is 226 g/mol. The van der Waals surface area contributed by atoms with Gasteiger partial charge in [0.25, 0.3) is 0 Å². The Morgan fingerprint density at radius 2 is 2.50 bits per heavy atom. The van der Waals surface area contributed by atoms with Crippen LogP contribution in [0.3, 0.4) is 0 Å². The topological polar surface area (TPSA) is 78.3 Å². The molecule has 0 radical (unpaired) electrons. The second-order valence-electron chi connectivity index (χ2n) is 3.90. The van der Waals surface area contributed by atoms with Gasteiger partial charge in [-0.2, -0.15) is 0 Å². The van der Waals surface area contributed by atoms with Crippen molar-refractivity contribution in [1.29, 1.82) is 0 Å². The van der Waals surface area contributed by atoms with Gasteiger partial charge in [0.05, 0.1) is 6.61 Å². The first-order chi connectivity index (χ1) is 7.77. The number of azide groups is 1. The molecular weight excluding hydrogens is 208 g/mol. The van der Waals surface area contributed by atoms with Gasteiger partial charge in [-0.3, -0.25) is 4.79 Å². The van der Waals surface area contributed by atoms with Crippen molar-refractivity contribution in [2.45, 2.75) is 19.8 Å². The van der Waals surface area contributed by atoms with E-state index in [1.54, 1.807) is 4.90 Å². The highest BCUT2D eigenvalue weighted by molar-refractivity contribution is 5.78. The summed E-state index contributed by atoms with van der Waals surface area (Å²) in [6, 6.07) is 0. The fourth-order valence-corrected chi connectivity index (χ4v) is 1.90. The Balaban J connectivity index is 2.37. The Morgan fingerprint density at radius 1 is 1.69 bits per heavy atom. The van der Waals surface area contributed by atoms with Gasteiger partial charge in [-0.1, -0.05) is 5.11 Å². The Morgan fingerprint density at radius 3 is 3.19 bits per heavy atom. The number of hydrogen-bond donors (Lipinski definition) is 0. The number of ether oxygens (including phenoxy) is 1. The third-order valence-corrected chi connectivity index (χ3v) is 2.70. The zero-order valence-corrected chi connectivity index (χ0v) is 9.63. The molecule has 1 aliphatic heterocycles. The predicted octanol–water partition coefficient (Wildman–Crippen LogP) is 1.57. The van der Waals surface area contributed by atoms with Crippen molar-refractivity contribution < 1.29 is 9.53 Å². The zero-order valence-electron chi connectivity index (χ0n) is 9.63. The second kappa shape index (κ2) is 7.09. The smallest absolute Gasteiger partial charge is 0.228 e. The highest BCUT2D eigenvalue weighted by Gasteiger charge is 2.22. The molecule has 0 aliphatic carbocycles. The molecule has 0 aromatic rings. The Labute approximate surface area is 95.2 Å². The van der Waals surface area contributed by atoms with E-state index in [0.29, 0.717) is 19.1 Å². The van der Waals surface area contributed by atoms with Gasteiger partial charge < -0.3 is 9.64 Å². The van der Waals surface area contributed by atoms with Crippen molar-refractivity contribution in [1.82, 2.24) is 4.90 Å². The van der Waals surface area contributed by atoms with E-state index in [1.807, 2.05) is 6.92 Å². The lowest BCUT2D eigenvalue weighted by Crippen LogP contribution is -2.42. The summed E-state index contributed by atoms with van der Waals surface area (Å²) in [6.45, 7) is 4.80. The van der Waals surface area contributed by atoms with Crippen molar-refractivity contribution >= 4 is 5.91 Å². The minimum Gasteiger partial charge on any atom is -0.381 e. The summed E-state index contributed by atoms with van der Waals surface area (Å²) in [5.74, 6) is 0.336. The van der Waals surface area contributed by atoms with Gasteiger partial charge in [0.15, 0.2) is 0 Å². The van der Waals surface area contributed by atoms with Crippen LogP contribution in [-0.4, -0.2) is 43.7 Å². The fourth-order valence-electron chi connectivity index (χ4n) is 1.90. The van der Waals surface area contributed by atoms with Crippen LogP contribution in [0.4, 0.5) is 0 Å². The molecule has 1 saturated heterocycles. The number of rotatable bonds is 5. The Hall–Kier alpha value is -1.26. The third kappa shape index (κ3) is 4.08. The molecule has 0 aromatic heterocycles. The summed E-state index contributed by atoms with van der Waals surface area (Å²) < 4.78 is 5.36. The minimum absolute atomic E-state index is 0.0716. The quantitative estimate of drug-likeness (QED) is 0.405. The van der Waals surface area contributed by atoms with E-state index in [1.165, 1.54) is 0 Å². The number of hydrogen-bond acceptors (Lipinski definition) is 3. The molecule has 16 heavy (non-hydrogen) atoms. The second-order valence-corrected chi connectivity index (χ2v) is 3.90. The van der Waals surface area contributed by atoms with E-state index >= 15 is 0 Å². The molecule has 1 heterocycles. The molecule has 1 rings (SSSR count). The normalized spacial score (nSPS) is 20.3. The summed E-state index contributed by atoms with van der Waals surface area (Å²) in [6.07, 6.45) is 2.10. The summed E-state index contributed by atoms with van der Waals surface area (Å²) in [7, 11) is 0. The molecule has 1 amide bonds. The number of carbonyl (C=O) groups is 1. The van der Waals surface area contributed by atoms with E-state index in [-0.39, 0.29) is 12.5 Å². The number of amides is 1. The highest BCUT2D eigenvalue weighted by Crippen LogP contribution is 2.16. The lowest BCUT2D eigenvalue weighted by Gasteiger charge is -2.32. The lowest BCUT2D eigenvalue weighted by molar-refractivity contribution is -0.131. The molecule has 6 nitrogen and oxygen atoms in total. The molecule has 0 unspecified atom stereocenters. The minimum atomic E-state index is -0.0843. The summed E-state index contributed by atoms with van der Waals surface area (Å²) in [5, 5.41) is 3.29. The van der Waals surface area contributed by atoms with Gasteiger partial charge >= 0.3 is 0 Å². The van der Waals surface area contributed by atoms with Crippen LogP contribution in [0.2, 0.25) is 0 Å². The molecule has 1 aliphatic rings. The molecular formula is C10H18N4O2. The Kier molecular flexibility index (Phi) is 5.67. The van der Waals surface area contributed by atoms with Crippen LogP contribution in [0, 0.1) is 5.92 Å². The van der Waals surface area contributed by atoms with Crippen LogP contribution >= 0.6 is 0 Å². The van der Waals surface area contributed by atoms with Crippen LogP contribution in [0.5, 0.6) is 0 Å². The third-order valence-electron chi connectivity index (χ3n) is 2.70. The Bertz CT molecular complexity index is 276. The van der Waals surface area contributed by atoms with Crippen LogP contribution in [0.25, 0.3) is 10.4 Å². The van der Waals surface area contributed by atoms with E-state index in [0.717, 1.165) is 25.9 Å². The van der Waals surface area contributed by atoms with Crippen molar-refractivity contribution in [3.8, 4) is 0 Å². The highest BCUT2D eigenvalue weighted by atomic mass is 16.5. The molecule has 0 N–H and O–H groups in total. The van der Waals surface area contributed by atoms with Gasteiger partial charge in [0, 0.05) is 24.6 Å². The van der Waals surface area contributed by atoms with Crippen LogP contribution in [0.15, 0.2) is 5.11 Å². The van der Waals surface area contributed by atoms with Crippen molar-refractivity contribution in [2.75, 3.05) is 32.8 Å². The molecule has 0 saturated carbocycles. The first-order valence-corrected chi connectivity index (χ1v) is 5.64. The maximum atomic E-state index is 11.6. The largest absolute Gasteiger partial charge is 0.381 e. The number of likely N-dealkylation sites (tertiary alicyclic amines) is 1. The molecule has 1 fully saturated rings. The number of piperidine rings is 1. The van der Waals surface area contributed by atoms with Gasteiger partial charge in [0.1, 0.15) is 6.54 Å². The zero-order chi connectivity index (χ0) is 11.8. The van der Waals surface area contributed by atoms with Crippen LogP contribution < -0.4 is 0 Å².